The molecule has 0 bridgehead atoms. The van der Waals surface area contributed by atoms with E-state index >= 15 is 0 Å². The number of aromatic nitrogens is 5. The van der Waals surface area contributed by atoms with E-state index in [1.807, 2.05) is 39.0 Å². The van der Waals surface area contributed by atoms with Gasteiger partial charge in [-0.2, -0.15) is 10.1 Å². The molecule has 1 amide bonds. The predicted octanol–water partition coefficient (Wildman–Crippen LogP) is 2.44. The van der Waals surface area contributed by atoms with Crippen LogP contribution < -0.4 is 0 Å². The van der Waals surface area contributed by atoms with Gasteiger partial charge >= 0.3 is 0 Å². The molecule has 0 radical (unpaired) electrons. The summed E-state index contributed by atoms with van der Waals surface area (Å²) in [6.45, 7) is 6.68. The van der Waals surface area contributed by atoms with Crippen LogP contribution in [0.25, 0.3) is 5.69 Å². The Kier molecular flexibility index (Phi) is 4.87. The summed E-state index contributed by atoms with van der Waals surface area (Å²) in [5, 5.41) is 8.06. The summed E-state index contributed by atoms with van der Waals surface area (Å²) in [5.74, 6) is 1.12. The van der Waals surface area contributed by atoms with Crippen LogP contribution >= 0.6 is 0 Å². The largest absolute Gasteiger partial charge is 0.337 e. The van der Waals surface area contributed by atoms with E-state index in [0.29, 0.717) is 29.5 Å². The van der Waals surface area contributed by atoms with E-state index in [4.69, 9.17) is 4.52 Å². The number of nitrogens with zero attached hydrogens (tertiary/aromatic N) is 6. The van der Waals surface area contributed by atoms with E-state index in [1.165, 1.54) is 6.33 Å². The lowest BCUT2D eigenvalue weighted by Crippen LogP contribution is -2.31. The Balaban J connectivity index is 1.85. The van der Waals surface area contributed by atoms with Gasteiger partial charge in [0.05, 0.1) is 11.3 Å². The maximum Gasteiger partial charge on any atom is 0.256 e. The lowest BCUT2D eigenvalue weighted by molar-refractivity contribution is 0.0734. The van der Waals surface area contributed by atoms with Gasteiger partial charge < -0.3 is 9.42 Å². The standard InChI is InChI=1S/C17H20N6O2/c1-4-22(9-15-20-16(12(2)3)21-25-15)17(24)13-7-5-6-8-14(13)23-11-18-10-19-23/h5-8,10-12H,4,9H2,1-3H3. The highest BCUT2D eigenvalue weighted by molar-refractivity contribution is 5.97. The van der Waals surface area contributed by atoms with E-state index < -0.39 is 0 Å². The Labute approximate surface area is 145 Å². The molecule has 8 nitrogen and oxygen atoms in total. The van der Waals surface area contributed by atoms with Crippen molar-refractivity contribution in [2.45, 2.75) is 33.2 Å². The molecule has 0 aliphatic heterocycles. The average Bonchev–Trinajstić information content (AvgIpc) is 3.31. The molecule has 1 aromatic carbocycles. The van der Waals surface area contributed by atoms with Crippen LogP contribution in [0.15, 0.2) is 41.4 Å². The van der Waals surface area contributed by atoms with Crippen LogP contribution in [0.3, 0.4) is 0 Å². The number of hydrogen-bond acceptors (Lipinski definition) is 6. The predicted molar refractivity (Wildman–Crippen MR) is 90.2 cm³/mol. The fraction of sp³-hybridized carbons (Fsp3) is 0.353. The fourth-order valence-electron chi connectivity index (χ4n) is 2.41. The number of para-hydroxylation sites is 1. The SMILES string of the molecule is CCN(Cc1nc(C(C)C)no1)C(=O)c1ccccc1-n1cncn1. The lowest BCUT2D eigenvalue weighted by Gasteiger charge is -2.20. The molecule has 0 saturated heterocycles. The van der Waals surface area contributed by atoms with Gasteiger partial charge in [0.2, 0.25) is 5.89 Å². The Morgan fingerprint density at radius 2 is 2.12 bits per heavy atom. The van der Waals surface area contributed by atoms with E-state index in [-0.39, 0.29) is 18.4 Å². The molecule has 0 aliphatic rings. The van der Waals surface area contributed by atoms with Gasteiger partial charge in [0.25, 0.3) is 5.91 Å². The van der Waals surface area contributed by atoms with Crippen LogP contribution in [0, 0.1) is 0 Å². The topological polar surface area (TPSA) is 89.9 Å². The zero-order valence-electron chi connectivity index (χ0n) is 14.5. The van der Waals surface area contributed by atoms with Gasteiger partial charge in [-0.3, -0.25) is 4.79 Å². The summed E-state index contributed by atoms with van der Waals surface area (Å²) in [5.41, 5.74) is 1.22. The van der Waals surface area contributed by atoms with Gasteiger partial charge in [0.15, 0.2) is 5.82 Å². The molecule has 0 aliphatic carbocycles. The first kappa shape index (κ1) is 16.8. The summed E-state index contributed by atoms with van der Waals surface area (Å²) in [7, 11) is 0. The third-order valence-electron chi connectivity index (χ3n) is 3.80. The van der Waals surface area contributed by atoms with E-state index in [9.17, 15) is 4.79 Å². The summed E-state index contributed by atoms with van der Waals surface area (Å²) < 4.78 is 6.84. The van der Waals surface area contributed by atoms with Crippen molar-refractivity contribution in [2.24, 2.45) is 0 Å². The third kappa shape index (κ3) is 3.57. The first-order valence-corrected chi connectivity index (χ1v) is 8.16. The molecule has 3 rings (SSSR count). The van der Waals surface area contributed by atoms with Crippen molar-refractivity contribution in [1.82, 2.24) is 29.8 Å². The van der Waals surface area contributed by atoms with Gasteiger partial charge in [0.1, 0.15) is 19.2 Å². The number of amides is 1. The second-order valence-corrected chi connectivity index (χ2v) is 5.88. The zero-order chi connectivity index (χ0) is 17.8. The molecule has 0 saturated carbocycles. The van der Waals surface area contributed by atoms with Gasteiger partial charge in [-0.05, 0) is 19.1 Å². The molecular weight excluding hydrogens is 320 g/mol. The molecule has 2 heterocycles. The van der Waals surface area contributed by atoms with Crippen LogP contribution in [0.2, 0.25) is 0 Å². The number of carbonyl (C=O) groups excluding carboxylic acids is 1. The minimum absolute atomic E-state index is 0.127. The fourth-order valence-corrected chi connectivity index (χ4v) is 2.41. The maximum absolute atomic E-state index is 13.0. The quantitative estimate of drug-likeness (QED) is 0.684. The minimum atomic E-state index is -0.127. The highest BCUT2D eigenvalue weighted by Crippen LogP contribution is 2.17. The Morgan fingerprint density at radius 1 is 1.32 bits per heavy atom. The second kappa shape index (κ2) is 7.25. The van der Waals surface area contributed by atoms with Crippen LogP contribution in [0.1, 0.15) is 48.8 Å². The van der Waals surface area contributed by atoms with Crippen molar-refractivity contribution >= 4 is 5.91 Å². The lowest BCUT2D eigenvalue weighted by atomic mass is 10.1. The monoisotopic (exact) mass is 340 g/mol. The third-order valence-corrected chi connectivity index (χ3v) is 3.80. The second-order valence-electron chi connectivity index (χ2n) is 5.88. The van der Waals surface area contributed by atoms with Crippen molar-refractivity contribution in [2.75, 3.05) is 6.54 Å². The molecule has 0 N–H and O–H groups in total. The van der Waals surface area contributed by atoms with Gasteiger partial charge in [-0.25, -0.2) is 9.67 Å². The van der Waals surface area contributed by atoms with E-state index in [2.05, 4.69) is 20.2 Å². The van der Waals surface area contributed by atoms with Crippen LogP contribution in [-0.2, 0) is 6.54 Å². The Bertz CT molecular complexity index is 840. The van der Waals surface area contributed by atoms with Crippen molar-refractivity contribution in [1.29, 1.82) is 0 Å². The van der Waals surface area contributed by atoms with Crippen LogP contribution in [0.5, 0.6) is 0 Å². The number of carbonyl (C=O) groups is 1. The molecule has 0 spiro atoms. The normalized spacial score (nSPS) is 11.0. The van der Waals surface area contributed by atoms with Gasteiger partial charge in [0, 0.05) is 12.5 Å². The smallest absolute Gasteiger partial charge is 0.256 e. The zero-order valence-corrected chi connectivity index (χ0v) is 14.5. The van der Waals surface area contributed by atoms with Crippen molar-refractivity contribution in [3.05, 3.63) is 54.2 Å². The average molecular weight is 340 g/mol. The van der Waals surface area contributed by atoms with E-state index in [0.717, 1.165) is 0 Å². The Morgan fingerprint density at radius 3 is 2.76 bits per heavy atom. The maximum atomic E-state index is 13.0. The number of hydrogen-bond donors (Lipinski definition) is 0. The molecule has 0 atom stereocenters. The summed E-state index contributed by atoms with van der Waals surface area (Å²) in [6, 6.07) is 7.29. The summed E-state index contributed by atoms with van der Waals surface area (Å²) in [4.78, 5) is 23.0. The number of benzene rings is 1. The molecule has 8 heteroatoms. The Hall–Kier alpha value is -3.03. The van der Waals surface area contributed by atoms with E-state index in [1.54, 1.807) is 22.0 Å². The van der Waals surface area contributed by atoms with Crippen LogP contribution in [-0.4, -0.2) is 42.3 Å². The molecule has 0 unspecified atom stereocenters. The summed E-state index contributed by atoms with van der Waals surface area (Å²) >= 11 is 0. The highest BCUT2D eigenvalue weighted by atomic mass is 16.5. The number of rotatable bonds is 6. The molecule has 2 aromatic heterocycles. The van der Waals surface area contributed by atoms with Gasteiger partial charge in [-0.1, -0.05) is 31.1 Å². The molecule has 25 heavy (non-hydrogen) atoms. The van der Waals surface area contributed by atoms with Crippen molar-refractivity contribution in [3.63, 3.8) is 0 Å². The van der Waals surface area contributed by atoms with Crippen LogP contribution in [0.4, 0.5) is 0 Å². The molecule has 130 valence electrons. The first-order chi connectivity index (χ1) is 12.1. The van der Waals surface area contributed by atoms with Gasteiger partial charge in [-0.15, -0.1) is 0 Å². The van der Waals surface area contributed by atoms with Crippen molar-refractivity contribution in [3.8, 4) is 5.69 Å². The molecular formula is C17H20N6O2. The molecule has 3 aromatic rings. The van der Waals surface area contributed by atoms with Crippen molar-refractivity contribution < 1.29 is 9.32 Å². The highest BCUT2D eigenvalue weighted by Gasteiger charge is 2.21. The molecule has 0 fully saturated rings. The first-order valence-electron chi connectivity index (χ1n) is 8.16. The summed E-state index contributed by atoms with van der Waals surface area (Å²) in [6.07, 6.45) is 3.00. The minimum Gasteiger partial charge on any atom is -0.337 e.